The van der Waals surface area contributed by atoms with E-state index in [1.807, 2.05) is 13.8 Å². The molecule has 0 aliphatic carbocycles. The summed E-state index contributed by atoms with van der Waals surface area (Å²) in [5, 5.41) is 9.29. The van der Waals surface area contributed by atoms with Gasteiger partial charge in [0.05, 0.1) is 6.26 Å². The number of carboxylic acids is 1. The Kier molecular flexibility index (Phi) is 4.60. The second-order valence-electron chi connectivity index (χ2n) is 5.76. The molecule has 1 heterocycles. The number of aliphatic carboxylic acids is 1. The quantitative estimate of drug-likeness (QED) is 0.831. The molecule has 1 unspecified atom stereocenters. The van der Waals surface area contributed by atoms with E-state index in [1.54, 1.807) is 6.26 Å². The highest BCUT2D eigenvalue weighted by atomic mass is 16.5. The first-order valence-electron chi connectivity index (χ1n) is 6.60. The van der Waals surface area contributed by atoms with Crippen LogP contribution in [0.3, 0.4) is 0 Å². The monoisotopic (exact) mass is 252 g/mol. The average molecular weight is 252 g/mol. The maximum absolute atomic E-state index is 11.3. The molecule has 0 fully saturated rings. The molecule has 18 heavy (non-hydrogen) atoms. The Balaban J connectivity index is 3.39. The van der Waals surface area contributed by atoms with Crippen molar-refractivity contribution >= 4 is 5.97 Å². The van der Waals surface area contributed by atoms with Gasteiger partial charge in [0.15, 0.2) is 0 Å². The summed E-state index contributed by atoms with van der Waals surface area (Å²) in [6, 6.07) is 0. The molecule has 0 amide bonds. The van der Waals surface area contributed by atoms with Crippen LogP contribution < -0.4 is 0 Å². The van der Waals surface area contributed by atoms with E-state index in [1.165, 1.54) is 5.57 Å². The summed E-state index contributed by atoms with van der Waals surface area (Å²) < 4.78 is 5.45. The summed E-state index contributed by atoms with van der Waals surface area (Å²) in [5.74, 6) is -0.0884. The molecule has 0 radical (unpaired) electrons. The van der Waals surface area contributed by atoms with Crippen LogP contribution in [0.1, 0.15) is 41.5 Å². The number of ether oxygens (including phenoxy) is 1. The summed E-state index contributed by atoms with van der Waals surface area (Å²) in [4.78, 5) is 11.3. The van der Waals surface area contributed by atoms with Gasteiger partial charge in [-0.15, -0.1) is 0 Å². The minimum absolute atomic E-state index is 0.172. The summed E-state index contributed by atoms with van der Waals surface area (Å²) in [6.07, 6.45) is 0.815. The third kappa shape index (κ3) is 2.77. The van der Waals surface area contributed by atoms with Gasteiger partial charge < -0.3 is 9.84 Å². The first kappa shape index (κ1) is 14.8. The molecule has 0 spiro atoms. The molecule has 102 valence electrons. The van der Waals surface area contributed by atoms with Crippen LogP contribution in [-0.4, -0.2) is 17.2 Å². The summed E-state index contributed by atoms with van der Waals surface area (Å²) in [7, 11) is 0. The fourth-order valence-electron chi connectivity index (χ4n) is 2.50. The van der Waals surface area contributed by atoms with E-state index in [-0.39, 0.29) is 5.92 Å². The van der Waals surface area contributed by atoms with Gasteiger partial charge in [-0.2, -0.15) is 0 Å². The Bertz CT molecular complexity index is 387. The second kappa shape index (κ2) is 5.59. The number of allylic oxidation sites excluding steroid dienone is 2. The molecule has 3 heteroatoms. The van der Waals surface area contributed by atoms with Crippen LogP contribution in [0.5, 0.6) is 0 Å². The van der Waals surface area contributed by atoms with Crippen molar-refractivity contribution in [1.29, 1.82) is 0 Å². The second-order valence-corrected chi connectivity index (χ2v) is 5.76. The molecular formula is C15H24O3. The summed E-state index contributed by atoms with van der Waals surface area (Å²) in [6.45, 7) is 12.5. The number of rotatable bonds is 4. The van der Waals surface area contributed by atoms with Gasteiger partial charge >= 0.3 is 5.97 Å². The molecule has 1 aliphatic heterocycles. The molecular weight excluding hydrogens is 228 g/mol. The van der Waals surface area contributed by atoms with E-state index < -0.39 is 12.1 Å². The first-order valence-corrected chi connectivity index (χ1v) is 6.60. The molecule has 1 N–H and O–H groups in total. The van der Waals surface area contributed by atoms with Crippen molar-refractivity contribution in [2.45, 2.75) is 47.6 Å². The van der Waals surface area contributed by atoms with Crippen molar-refractivity contribution in [3.63, 3.8) is 0 Å². The normalized spacial score (nSPS) is 20.5. The van der Waals surface area contributed by atoms with Gasteiger partial charge in [0.25, 0.3) is 0 Å². The highest BCUT2D eigenvalue weighted by Gasteiger charge is 2.34. The average Bonchev–Trinajstić information content (AvgIpc) is 2.26. The third-order valence-corrected chi connectivity index (χ3v) is 3.28. The SMILES string of the molecule is CC(C)C1=COC(C(=O)O)C(C(C)C)=C1C(C)C. The minimum atomic E-state index is -0.907. The lowest BCUT2D eigenvalue weighted by Gasteiger charge is -2.32. The van der Waals surface area contributed by atoms with E-state index in [4.69, 9.17) is 4.74 Å². The topological polar surface area (TPSA) is 46.5 Å². The lowest BCUT2D eigenvalue weighted by Crippen LogP contribution is -2.32. The van der Waals surface area contributed by atoms with Crippen molar-refractivity contribution in [2.24, 2.45) is 17.8 Å². The molecule has 1 aliphatic rings. The van der Waals surface area contributed by atoms with E-state index in [2.05, 4.69) is 27.7 Å². The molecule has 0 aromatic heterocycles. The molecule has 1 rings (SSSR count). The minimum Gasteiger partial charge on any atom is -0.482 e. The van der Waals surface area contributed by atoms with Crippen LogP contribution in [0.15, 0.2) is 23.0 Å². The summed E-state index contributed by atoms with van der Waals surface area (Å²) >= 11 is 0. The van der Waals surface area contributed by atoms with Gasteiger partial charge in [-0.05, 0) is 34.5 Å². The van der Waals surface area contributed by atoms with Gasteiger partial charge in [0.2, 0.25) is 6.10 Å². The van der Waals surface area contributed by atoms with Gasteiger partial charge in [-0.25, -0.2) is 4.79 Å². The fourth-order valence-corrected chi connectivity index (χ4v) is 2.50. The standard InChI is InChI=1S/C15H24O3/c1-8(2)11-7-18-14(15(16)17)13(10(5)6)12(11)9(3)4/h7-10,14H,1-6H3,(H,16,17). The van der Waals surface area contributed by atoms with Crippen molar-refractivity contribution in [3.8, 4) is 0 Å². The number of hydrogen-bond acceptors (Lipinski definition) is 2. The Morgan fingerprint density at radius 2 is 1.67 bits per heavy atom. The Morgan fingerprint density at radius 1 is 1.11 bits per heavy atom. The molecule has 0 bridgehead atoms. The van der Waals surface area contributed by atoms with Gasteiger partial charge in [0, 0.05) is 0 Å². The Hall–Kier alpha value is -1.25. The lowest BCUT2D eigenvalue weighted by molar-refractivity contribution is -0.145. The Labute approximate surface area is 110 Å². The van der Waals surface area contributed by atoms with E-state index in [9.17, 15) is 9.90 Å². The van der Waals surface area contributed by atoms with Gasteiger partial charge in [-0.3, -0.25) is 0 Å². The Morgan fingerprint density at radius 3 is 2.00 bits per heavy atom. The van der Waals surface area contributed by atoms with E-state index >= 15 is 0 Å². The summed E-state index contributed by atoms with van der Waals surface area (Å²) in [5.41, 5.74) is 3.22. The molecule has 0 saturated heterocycles. The van der Waals surface area contributed by atoms with E-state index in [0.717, 1.165) is 11.1 Å². The van der Waals surface area contributed by atoms with Crippen molar-refractivity contribution in [1.82, 2.24) is 0 Å². The molecule has 3 nitrogen and oxygen atoms in total. The third-order valence-electron chi connectivity index (χ3n) is 3.28. The predicted molar refractivity (Wildman–Crippen MR) is 72.1 cm³/mol. The van der Waals surface area contributed by atoms with Crippen LogP contribution in [-0.2, 0) is 9.53 Å². The van der Waals surface area contributed by atoms with Crippen molar-refractivity contribution < 1.29 is 14.6 Å². The zero-order valence-electron chi connectivity index (χ0n) is 12.2. The molecule has 0 saturated carbocycles. The fraction of sp³-hybridized carbons (Fsp3) is 0.667. The van der Waals surface area contributed by atoms with E-state index in [0.29, 0.717) is 11.8 Å². The largest absolute Gasteiger partial charge is 0.482 e. The smallest absolute Gasteiger partial charge is 0.349 e. The van der Waals surface area contributed by atoms with Crippen LogP contribution >= 0.6 is 0 Å². The van der Waals surface area contributed by atoms with Crippen LogP contribution in [0.2, 0.25) is 0 Å². The zero-order valence-corrected chi connectivity index (χ0v) is 12.2. The van der Waals surface area contributed by atoms with Crippen LogP contribution in [0.25, 0.3) is 0 Å². The van der Waals surface area contributed by atoms with Gasteiger partial charge in [-0.1, -0.05) is 41.5 Å². The first-order chi connectivity index (χ1) is 8.27. The van der Waals surface area contributed by atoms with Crippen LogP contribution in [0.4, 0.5) is 0 Å². The van der Waals surface area contributed by atoms with Crippen molar-refractivity contribution in [2.75, 3.05) is 0 Å². The lowest BCUT2D eigenvalue weighted by atomic mass is 9.79. The predicted octanol–water partition coefficient (Wildman–Crippen LogP) is 3.62. The maximum Gasteiger partial charge on any atom is 0.349 e. The number of hydrogen-bond donors (Lipinski definition) is 1. The van der Waals surface area contributed by atoms with Gasteiger partial charge in [0.1, 0.15) is 0 Å². The van der Waals surface area contributed by atoms with Crippen LogP contribution in [0, 0.1) is 17.8 Å². The number of carbonyl (C=O) groups is 1. The molecule has 0 aromatic rings. The number of carboxylic acid groups (broad SMARTS) is 1. The highest BCUT2D eigenvalue weighted by Crippen LogP contribution is 2.37. The molecule has 1 atom stereocenters. The highest BCUT2D eigenvalue weighted by molar-refractivity contribution is 5.78. The zero-order chi connectivity index (χ0) is 14.0. The maximum atomic E-state index is 11.3. The molecule has 0 aromatic carbocycles. The van der Waals surface area contributed by atoms with Crippen molar-refractivity contribution in [3.05, 3.63) is 23.0 Å².